The third-order valence-electron chi connectivity index (χ3n) is 5.61. The number of urea groups is 1. The molecule has 0 bridgehead atoms. The average Bonchev–Trinajstić information content (AvgIpc) is 2.82. The van der Waals surface area contributed by atoms with Gasteiger partial charge in [0.2, 0.25) is 0 Å². The van der Waals surface area contributed by atoms with Gasteiger partial charge >= 0.3 is 6.03 Å². The van der Waals surface area contributed by atoms with Crippen LogP contribution in [0.2, 0.25) is 0 Å². The molecule has 0 saturated heterocycles. The van der Waals surface area contributed by atoms with E-state index in [1.807, 2.05) is 36.4 Å². The fourth-order valence-corrected chi connectivity index (χ4v) is 4.06. The highest BCUT2D eigenvalue weighted by Gasteiger charge is 2.34. The summed E-state index contributed by atoms with van der Waals surface area (Å²) in [7, 11) is 4.63. The van der Waals surface area contributed by atoms with Gasteiger partial charge in [0.25, 0.3) is 5.91 Å². The molecule has 1 heterocycles. The van der Waals surface area contributed by atoms with Gasteiger partial charge in [-0.05, 0) is 35.9 Å². The number of hydrogen-bond acceptors (Lipinski definition) is 5. The lowest BCUT2D eigenvalue weighted by atomic mass is 9.90. The zero-order valence-electron chi connectivity index (χ0n) is 18.8. The molecule has 4 rings (SSSR count). The summed E-state index contributed by atoms with van der Waals surface area (Å²) < 4.78 is 16.3. The minimum absolute atomic E-state index is 0.356. The molecule has 0 radical (unpaired) electrons. The normalized spacial score (nSPS) is 15.5. The molecule has 33 heavy (non-hydrogen) atoms. The molecule has 0 spiro atoms. The number of nitrogens with one attached hydrogen (secondary N) is 3. The fraction of sp³-hybridized carbons (Fsp3) is 0.200. The van der Waals surface area contributed by atoms with Crippen molar-refractivity contribution in [3.8, 4) is 17.2 Å². The molecule has 0 saturated carbocycles. The highest BCUT2D eigenvalue weighted by Crippen LogP contribution is 2.39. The Bertz CT molecular complexity index is 1270. The molecule has 3 N–H and O–H groups in total. The van der Waals surface area contributed by atoms with Gasteiger partial charge in [0.1, 0.15) is 17.2 Å². The lowest BCUT2D eigenvalue weighted by Crippen LogP contribution is -2.46. The second-order valence-electron chi connectivity index (χ2n) is 7.49. The Kier molecular flexibility index (Phi) is 6.08. The van der Waals surface area contributed by atoms with E-state index >= 15 is 0 Å². The van der Waals surface area contributed by atoms with E-state index in [2.05, 4.69) is 16.0 Å². The summed E-state index contributed by atoms with van der Waals surface area (Å²) in [6, 6.07) is 15.5. The number of benzene rings is 3. The first kappa shape index (κ1) is 22.0. The van der Waals surface area contributed by atoms with Gasteiger partial charge in [0, 0.05) is 17.3 Å². The Balaban J connectivity index is 1.83. The molecule has 8 nitrogen and oxygen atoms in total. The van der Waals surface area contributed by atoms with Crippen LogP contribution in [0.25, 0.3) is 10.8 Å². The summed E-state index contributed by atoms with van der Waals surface area (Å²) >= 11 is 0. The molecule has 1 aliphatic rings. The molecule has 0 unspecified atom stereocenters. The number of methoxy groups -OCH3 is 3. The minimum Gasteiger partial charge on any atom is -0.497 e. The zero-order chi connectivity index (χ0) is 23.5. The van der Waals surface area contributed by atoms with Crippen molar-refractivity contribution in [1.82, 2.24) is 10.6 Å². The van der Waals surface area contributed by atoms with Gasteiger partial charge in [-0.3, -0.25) is 4.79 Å². The van der Waals surface area contributed by atoms with E-state index in [9.17, 15) is 9.59 Å². The number of hydrogen-bond donors (Lipinski definition) is 3. The standard InChI is InChI=1S/C25H25N3O5/c1-14-21(24(29)27-18-13-16(31-2)10-12-19(18)32-3)23(28-25(30)26-14)22-17-8-6-5-7-15(17)9-11-20(22)33-4/h5-13,23H,1-4H3,(H,27,29)(H2,26,28,30)/t23-/m1/s1. The Morgan fingerprint density at radius 1 is 0.939 bits per heavy atom. The predicted molar refractivity (Wildman–Crippen MR) is 126 cm³/mol. The lowest BCUT2D eigenvalue weighted by Gasteiger charge is -2.30. The second-order valence-corrected chi connectivity index (χ2v) is 7.49. The fourth-order valence-electron chi connectivity index (χ4n) is 4.06. The van der Waals surface area contributed by atoms with Crippen LogP contribution in [0.5, 0.6) is 17.2 Å². The number of rotatable bonds is 6. The van der Waals surface area contributed by atoms with Crippen LogP contribution in [-0.2, 0) is 4.79 Å². The highest BCUT2D eigenvalue weighted by atomic mass is 16.5. The van der Waals surface area contributed by atoms with Crippen LogP contribution >= 0.6 is 0 Å². The van der Waals surface area contributed by atoms with Crippen LogP contribution in [0.15, 0.2) is 65.9 Å². The molecule has 0 aromatic heterocycles. The first-order valence-electron chi connectivity index (χ1n) is 10.3. The number of carbonyl (C=O) groups is 2. The summed E-state index contributed by atoms with van der Waals surface area (Å²) in [4.78, 5) is 26.0. The monoisotopic (exact) mass is 447 g/mol. The molecule has 3 aromatic rings. The second kappa shape index (κ2) is 9.12. The third kappa shape index (κ3) is 4.15. The van der Waals surface area contributed by atoms with Crippen LogP contribution in [0.1, 0.15) is 18.5 Å². The van der Waals surface area contributed by atoms with E-state index in [-0.39, 0.29) is 0 Å². The number of allylic oxidation sites excluding steroid dienone is 1. The Morgan fingerprint density at radius 2 is 1.67 bits per heavy atom. The predicted octanol–water partition coefficient (Wildman–Crippen LogP) is 4.13. The summed E-state index contributed by atoms with van der Waals surface area (Å²) in [6.45, 7) is 1.70. The van der Waals surface area contributed by atoms with Crippen molar-refractivity contribution in [2.45, 2.75) is 13.0 Å². The largest absolute Gasteiger partial charge is 0.497 e. The van der Waals surface area contributed by atoms with E-state index < -0.39 is 18.0 Å². The van der Waals surface area contributed by atoms with Crippen LogP contribution < -0.4 is 30.2 Å². The van der Waals surface area contributed by atoms with Crippen LogP contribution in [0.4, 0.5) is 10.5 Å². The molecule has 8 heteroatoms. The van der Waals surface area contributed by atoms with Crippen molar-refractivity contribution in [3.05, 3.63) is 71.4 Å². The summed E-state index contributed by atoms with van der Waals surface area (Å²) in [5, 5.41) is 10.3. The van der Waals surface area contributed by atoms with Gasteiger partial charge in [-0.15, -0.1) is 0 Å². The van der Waals surface area contributed by atoms with Gasteiger partial charge in [-0.1, -0.05) is 30.3 Å². The molecule has 0 fully saturated rings. The van der Waals surface area contributed by atoms with Crippen molar-refractivity contribution in [2.75, 3.05) is 26.6 Å². The first-order valence-corrected chi connectivity index (χ1v) is 10.3. The molecule has 3 amide bonds. The van der Waals surface area contributed by atoms with Crippen molar-refractivity contribution in [2.24, 2.45) is 0 Å². The zero-order valence-corrected chi connectivity index (χ0v) is 18.8. The molecule has 1 aliphatic heterocycles. The Labute approximate surface area is 191 Å². The van der Waals surface area contributed by atoms with Crippen molar-refractivity contribution in [1.29, 1.82) is 0 Å². The molecule has 1 atom stereocenters. The van der Waals surface area contributed by atoms with E-state index in [0.717, 1.165) is 10.8 Å². The Hall–Kier alpha value is -4.20. The average molecular weight is 447 g/mol. The first-order chi connectivity index (χ1) is 16.0. The number of ether oxygens (including phenoxy) is 3. The third-order valence-corrected chi connectivity index (χ3v) is 5.61. The SMILES string of the molecule is COc1ccc(OC)c(NC(=O)C2=C(C)NC(=O)N[C@H]2c2c(OC)ccc3ccccc23)c1. The van der Waals surface area contributed by atoms with Crippen LogP contribution in [0, 0.1) is 0 Å². The van der Waals surface area contributed by atoms with E-state index in [1.165, 1.54) is 7.11 Å². The summed E-state index contributed by atoms with van der Waals surface area (Å²) in [5.74, 6) is 1.22. The minimum atomic E-state index is -0.739. The van der Waals surface area contributed by atoms with Gasteiger partial charge < -0.3 is 30.2 Å². The Morgan fingerprint density at radius 3 is 2.39 bits per heavy atom. The molecular formula is C25H25N3O5. The molecular weight excluding hydrogens is 422 g/mol. The van der Waals surface area contributed by atoms with Gasteiger partial charge in [-0.2, -0.15) is 0 Å². The van der Waals surface area contributed by atoms with Crippen LogP contribution in [-0.4, -0.2) is 33.3 Å². The summed E-state index contributed by atoms with van der Waals surface area (Å²) in [6.07, 6.45) is 0. The topological polar surface area (TPSA) is 97.9 Å². The maximum atomic E-state index is 13.6. The van der Waals surface area contributed by atoms with Gasteiger partial charge in [-0.25, -0.2) is 4.79 Å². The quantitative estimate of drug-likeness (QED) is 0.528. The number of anilines is 1. The number of fused-ring (bicyclic) bond motifs is 1. The van der Waals surface area contributed by atoms with Gasteiger partial charge in [0.15, 0.2) is 0 Å². The van der Waals surface area contributed by atoms with Crippen LogP contribution in [0.3, 0.4) is 0 Å². The van der Waals surface area contributed by atoms with E-state index in [0.29, 0.717) is 39.8 Å². The lowest BCUT2D eigenvalue weighted by molar-refractivity contribution is -0.113. The van der Waals surface area contributed by atoms with Crippen molar-refractivity contribution >= 4 is 28.4 Å². The van der Waals surface area contributed by atoms with Crippen molar-refractivity contribution < 1.29 is 23.8 Å². The smallest absolute Gasteiger partial charge is 0.319 e. The van der Waals surface area contributed by atoms with Crippen molar-refractivity contribution in [3.63, 3.8) is 0 Å². The number of amides is 3. The van der Waals surface area contributed by atoms with Gasteiger partial charge in [0.05, 0.1) is 38.6 Å². The molecule has 170 valence electrons. The highest BCUT2D eigenvalue weighted by molar-refractivity contribution is 6.08. The maximum Gasteiger partial charge on any atom is 0.319 e. The molecule has 0 aliphatic carbocycles. The van der Waals surface area contributed by atoms with E-state index in [4.69, 9.17) is 14.2 Å². The number of carbonyl (C=O) groups excluding carboxylic acids is 2. The summed E-state index contributed by atoms with van der Waals surface area (Å²) in [5.41, 5.74) is 1.95. The maximum absolute atomic E-state index is 13.6. The van der Waals surface area contributed by atoms with E-state index in [1.54, 1.807) is 39.3 Å². The molecule has 3 aromatic carbocycles.